The first-order valence-electron chi connectivity index (χ1n) is 7.21. The van der Waals surface area contributed by atoms with Crippen molar-refractivity contribution in [1.82, 2.24) is 5.32 Å². The van der Waals surface area contributed by atoms with E-state index < -0.39 is 63.8 Å². The summed E-state index contributed by atoms with van der Waals surface area (Å²) in [6.45, 7) is 0. The minimum absolute atomic E-state index is 0.0177. The molecule has 7 nitrogen and oxygen atoms in total. The van der Waals surface area contributed by atoms with Crippen LogP contribution in [-0.4, -0.2) is 27.9 Å². The molecule has 0 bridgehead atoms. The number of rotatable bonds is 6. The van der Waals surface area contributed by atoms with Gasteiger partial charge in [-0.25, -0.2) is 18.0 Å². The molecule has 0 saturated carbocycles. The second-order valence-electron chi connectivity index (χ2n) is 5.36. The third-order valence-corrected chi connectivity index (χ3v) is 3.48. The Morgan fingerprint density at radius 2 is 1.67 bits per heavy atom. The number of hydrogen-bond acceptors (Lipinski definition) is 4. The summed E-state index contributed by atoms with van der Waals surface area (Å²) in [4.78, 5) is 33.0. The van der Waals surface area contributed by atoms with Crippen LogP contribution in [-0.2, 0) is 11.2 Å². The monoisotopic (exact) mass is 386 g/mol. The standard InChI is InChI=1S/C16H10F4N2O5/c17-8-5-10(19)14(11(20)6-8)15(23)21-12(16(24)25)3-7-1-2-9(18)13(4-7)22(26)27/h1-2,4-6,12H,3H2,(H,21,23)(H,24,25)/t12-/m0/s1. The van der Waals surface area contributed by atoms with Crippen LogP contribution in [0, 0.1) is 33.4 Å². The highest BCUT2D eigenvalue weighted by atomic mass is 19.1. The van der Waals surface area contributed by atoms with Crippen molar-refractivity contribution in [3.63, 3.8) is 0 Å². The normalized spacial score (nSPS) is 11.7. The molecule has 2 N–H and O–H groups in total. The van der Waals surface area contributed by atoms with Crippen molar-refractivity contribution in [2.24, 2.45) is 0 Å². The number of nitrogens with zero attached hydrogens (tertiary/aromatic N) is 1. The number of carbonyl (C=O) groups excluding carboxylic acids is 1. The molecule has 27 heavy (non-hydrogen) atoms. The zero-order valence-electron chi connectivity index (χ0n) is 13.2. The lowest BCUT2D eigenvalue weighted by Gasteiger charge is -2.15. The van der Waals surface area contributed by atoms with Gasteiger partial charge in [-0.3, -0.25) is 14.9 Å². The number of amides is 1. The Bertz CT molecular complexity index is 912. The van der Waals surface area contributed by atoms with Crippen molar-refractivity contribution >= 4 is 17.6 Å². The molecule has 0 heterocycles. The highest BCUT2D eigenvalue weighted by molar-refractivity contribution is 5.97. The van der Waals surface area contributed by atoms with Crippen molar-refractivity contribution in [2.75, 3.05) is 0 Å². The summed E-state index contributed by atoms with van der Waals surface area (Å²) in [6, 6.07) is 1.33. The van der Waals surface area contributed by atoms with Crippen LogP contribution in [0.4, 0.5) is 23.2 Å². The smallest absolute Gasteiger partial charge is 0.326 e. The summed E-state index contributed by atoms with van der Waals surface area (Å²) in [6.07, 6.45) is -0.535. The van der Waals surface area contributed by atoms with Crippen LogP contribution >= 0.6 is 0 Å². The zero-order chi connectivity index (χ0) is 20.3. The lowest BCUT2D eigenvalue weighted by molar-refractivity contribution is -0.387. The summed E-state index contributed by atoms with van der Waals surface area (Å²) in [5, 5.41) is 21.7. The maximum absolute atomic E-state index is 13.6. The van der Waals surface area contributed by atoms with Crippen LogP contribution in [0.25, 0.3) is 0 Å². The van der Waals surface area contributed by atoms with E-state index in [0.29, 0.717) is 0 Å². The summed E-state index contributed by atoms with van der Waals surface area (Å²) >= 11 is 0. The van der Waals surface area contributed by atoms with Gasteiger partial charge in [0.25, 0.3) is 5.91 Å². The first-order valence-corrected chi connectivity index (χ1v) is 7.21. The summed E-state index contributed by atoms with van der Waals surface area (Å²) < 4.78 is 53.5. The topological polar surface area (TPSA) is 110 Å². The van der Waals surface area contributed by atoms with E-state index in [2.05, 4.69) is 0 Å². The van der Waals surface area contributed by atoms with Crippen LogP contribution in [0.2, 0.25) is 0 Å². The average Bonchev–Trinajstić information content (AvgIpc) is 2.54. The highest BCUT2D eigenvalue weighted by Crippen LogP contribution is 2.20. The van der Waals surface area contributed by atoms with Crippen LogP contribution < -0.4 is 5.32 Å². The number of benzene rings is 2. The molecule has 0 aromatic heterocycles. The average molecular weight is 386 g/mol. The van der Waals surface area contributed by atoms with E-state index in [0.717, 1.165) is 18.2 Å². The molecule has 142 valence electrons. The predicted octanol–water partition coefficient (Wildman–Crippen LogP) is 2.58. The van der Waals surface area contributed by atoms with Gasteiger partial charge in [-0.05, 0) is 11.6 Å². The van der Waals surface area contributed by atoms with E-state index in [4.69, 9.17) is 0 Å². The molecule has 0 aliphatic rings. The Hall–Kier alpha value is -3.50. The first-order chi connectivity index (χ1) is 12.6. The third kappa shape index (κ3) is 4.57. The van der Waals surface area contributed by atoms with Crippen LogP contribution in [0.1, 0.15) is 15.9 Å². The molecule has 0 saturated heterocycles. The Balaban J connectivity index is 2.27. The Labute approximate surface area is 148 Å². The van der Waals surface area contributed by atoms with Gasteiger partial charge in [-0.2, -0.15) is 4.39 Å². The van der Waals surface area contributed by atoms with E-state index in [1.807, 2.05) is 5.32 Å². The fourth-order valence-electron chi connectivity index (χ4n) is 2.25. The summed E-state index contributed by atoms with van der Waals surface area (Å²) in [5.41, 5.74) is -2.11. The first kappa shape index (κ1) is 19.8. The molecule has 0 unspecified atom stereocenters. The van der Waals surface area contributed by atoms with Gasteiger partial charge in [0.15, 0.2) is 0 Å². The van der Waals surface area contributed by atoms with E-state index in [1.165, 1.54) is 0 Å². The van der Waals surface area contributed by atoms with Crippen LogP contribution in [0.5, 0.6) is 0 Å². The Kier molecular flexibility index (Phi) is 5.73. The molecule has 0 radical (unpaired) electrons. The van der Waals surface area contributed by atoms with Gasteiger partial charge in [-0.15, -0.1) is 0 Å². The number of nitro groups is 1. The molecule has 1 atom stereocenters. The van der Waals surface area contributed by atoms with Gasteiger partial charge in [0, 0.05) is 24.6 Å². The SMILES string of the molecule is O=C(N[C@@H](Cc1ccc(F)c([N+](=O)[O-])c1)C(=O)O)c1c(F)cc(F)cc1F. The molecular formula is C16H10F4N2O5. The third-order valence-electron chi connectivity index (χ3n) is 3.48. The maximum atomic E-state index is 13.6. The number of halogens is 4. The molecule has 0 aliphatic carbocycles. The van der Waals surface area contributed by atoms with Gasteiger partial charge in [0.2, 0.25) is 5.82 Å². The van der Waals surface area contributed by atoms with Gasteiger partial charge in [0.05, 0.1) is 4.92 Å². The van der Waals surface area contributed by atoms with Gasteiger partial charge >= 0.3 is 11.7 Å². The number of carboxylic acid groups (broad SMARTS) is 1. The van der Waals surface area contributed by atoms with Crippen molar-refractivity contribution in [1.29, 1.82) is 0 Å². The number of hydrogen-bond donors (Lipinski definition) is 2. The fourth-order valence-corrected chi connectivity index (χ4v) is 2.25. The van der Waals surface area contributed by atoms with Crippen molar-refractivity contribution < 1.29 is 37.2 Å². The lowest BCUT2D eigenvalue weighted by atomic mass is 10.0. The quantitative estimate of drug-likeness (QED) is 0.451. The molecule has 0 aliphatic heterocycles. The number of nitrogens with one attached hydrogen (secondary N) is 1. The van der Waals surface area contributed by atoms with E-state index in [9.17, 15) is 42.4 Å². The number of nitro benzene ring substituents is 1. The van der Waals surface area contributed by atoms with E-state index in [-0.39, 0.29) is 17.7 Å². The van der Waals surface area contributed by atoms with Crippen LogP contribution in [0.3, 0.4) is 0 Å². The largest absolute Gasteiger partial charge is 0.480 e. The lowest BCUT2D eigenvalue weighted by Crippen LogP contribution is -2.43. The second-order valence-corrected chi connectivity index (χ2v) is 5.36. The molecule has 2 rings (SSSR count). The van der Waals surface area contributed by atoms with E-state index >= 15 is 0 Å². The number of aliphatic carboxylic acids is 1. The molecule has 0 spiro atoms. The van der Waals surface area contributed by atoms with Gasteiger partial charge in [-0.1, -0.05) is 6.07 Å². The molecule has 2 aromatic carbocycles. The molecule has 11 heteroatoms. The fraction of sp³-hybridized carbons (Fsp3) is 0.125. The number of carbonyl (C=O) groups is 2. The molecular weight excluding hydrogens is 376 g/mol. The van der Waals surface area contributed by atoms with Crippen molar-refractivity contribution in [2.45, 2.75) is 12.5 Å². The summed E-state index contributed by atoms with van der Waals surface area (Å²) in [5.74, 6) is -8.56. The Morgan fingerprint density at radius 1 is 1.07 bits per heavy atom. The minimum Gasteiger partial charge on any atom is -0.480 e. The second kappa shape index (κ2) is 7.81. The zero-order valence-corrected chi connectivity index (χ0v) is 13.2. The molecule has 0 fully saturated rings. The molecule has 2 aromatic rings. The predicted molar refractivity (Wildman–Crippen MR) is 82.0 cm³/mol. The van der Waals surface area contributed by atoms with Crippen molar-refractivity contribution in [3.05, 3.63) is 74.8 Å². The number of carboxylic acids is 1. The minimum atomic E-state index is -1.74. The van der Waals surface area contributed by atoms with Gasteiger partial charge in [0.1, 0.15) is 29.1 Å². The Morgan fingerprint density at radius 3 is 2.19 bits per heavy atom. The molecule has 1 amide bonds. The van der Waals surface area contributed by atoms with Gasteiger partial charge < -0.3 is 10.4 Å². The maximum Gasteiger partial charge on any atom is 0.326 e. The summed E-state index contributed by atoms with van der Waals surface area (Å²) in [7, 11) is 0. The van der Waals surface area contributed by atoms with Crippen molar-refractivity contribution in [3.8, 4) is 0 Å². The van der Waals surface area contributed by atoms with Crippen LogP contribution in [0.15, 0.2) is 30.3 Å². The van der Waals surface area contributed by atoms with E-state index in [1.54, 1.807) is 0 Å². The highest BCUT2D eigenvalue weighted by Gasteiger charge is 2.26.